The summed E-state index contributed by atoms with van der Waals surface area (Å²) in [4.78, 5) is 8.38. The minimum atomic E-state index is 0. The number of hydrogen-bond donors (Lipinski definition) is 1. The van der Waals surface area contributed by atoms with Crippen molar-refractivity contribution >= 4 is 35.1 Å². The van der Waals surface area contributed by atoms with Gasteiger partial charge in [-0.15, -0.1) is 35.1 Å². The largest absolute Gasteiger partial charge is 0.326 e. The van der Waals surface area contributed by atoms with Gasteiger partial charge in [0.15, 0.2) is 0 Å². The first-order chi connectivity index (χ1) is 8.72. The highest BCUT2D eigenvalue weighted by molar-refractivity contribution is 7.20. The highest BCUT2D eigenvalue weighted by atomic mass is 35.5. The molecule has 0 bridgehead atoms. The van der Waals surface area contributed by atoms with Gasteiger partial charge in [0.1, 0.15) is 5.01 Å². The van der Waals surface area contributed by atoms with Crippen molar-refractivity contribution in [1.82, 2.24) is 9.88 Å². The Morgan fingerprint density at radius 1 is 1.42 bits per heavy atom. The first-order valence-electron chi connectivity index (χ1n) is 6.18. The van der Waals surface area contributed by atoms with Gasteiger partial charge < -0.3 is 5.73 Å². The Morgan fingerprint density at radius 3 is 2.89 bits per heavy atom. The molecule has 2 unspecified atom stereocenters. The van der Waals surface area contributed by atoms with E-state index in [0.29, 0.717) is 12.0 Å². The van der Waals surface area contributed by atoms with Crippen molar-refractivity contribution in [2.45, 2.75) is 19.5 Å². The SMILES string of the molecule is CC1CN(Cc2csc(-c3cccs3)n2)CC1N.Cl. The Kier molecular flexibility index (Phi) is 4.97. The number of rotatable bonds is 3. The predicted octanol–water partition coefficient (Wildman–Crippen LogP) is 3.07. The van der Waals surface area contributed by atoms with Crippen LogP contribution in [0.1, 0.15) is 12.6 Å². The lowest BCUT2D eigenvalue weighted by atomic mass is 10.1. The summed E-state index contributed by atoms with van der Waals surface area (Å²) in [6, 6.07) is 4.52. The average molecular weight is 316 g/mol. The Bertz CT molecular complexity index is 502. The maximum Gasteiger partial charge on any atom is 0.133 e. The fourth-order valence-corrected chi connectivity index (χ4v) is 3.97. The number of halogens is 1. The van der Waals surface area contributed by atoms with Crippen molar-refractivity contribution in [3.63, 3.8) is 0 Å². The molecule has 2 atom stereocenters. The zero-order chi connectivity index (χ0) is 12.5. The van der Waals surface area contributed by atoms with Crippen LogP contribution >= 0.6 is 35.1 Å². The smallest absolute Gasteiger partial charge is 0.133 e. The zero-order valence-electron chi connectivity index (χ0n) is 10.8. The van der Waals surface area contributed by atoms with Crippen molar-refractivity contribution in [2.75, 3.05) is 13.1 Å². The van der Waals surface area contributed by atoms with Crippen LogP contribution < -0.4 is 5.73 Å². The van der Waals surface area contributed by atoms with Crippen molar-refractivity contribution in [3.05, 3.63) is 28.6 Å². The molecule has 0 radical (unpaired) electrons. The Morgan fingerprint density at radius 2 is 2.26 bits per heavy atom. The summed E-state index contributed by atoms with van der Waals surface area (Å²) in [5.41, 5.74) is 7.22. The van der Waals surface area contributed by atoms with Gasteiger partial charge in [0.25, 0.3) is 0 Å². The van der Waals surface area contributed by atoms with E-state index in [1.54, 1.807) is 22.7 Å². The first-order valence-corrected chi connectivity index (χ1v) is 7.94. The molecule has 0 aliphatic carbocycles. The van der Waals surface area contributed by atoms with Gasteiger partial charge in [-0.25, -0.2) is 4.98 Å². The highest BCUT2D eigenvalue weighted by Gasteiger charge is 2.26. The van der Waals surface area contributed by atoms with E-state index in [-0.39, 0.29) is 12.4 Å². The molecule has 0 saturated carbocycles. The monoisotopic (exact) mass is 315 g/mol. The maximum atomic E-state index is 6.05. The third-order valence-electron chi connectivity index (χ3n) is 3.42. The molecule has 1 aliphatic rings. The quantitative estimate of drug-likeness (QED) is 0.946. The lowest BCUT2D eigenvalue weighted by molar-refractivity contribution is 0.315. The van der Waals surface area contributed by atoms with E-state index in [1.807, 2.05) is 0 Å². The molecule has 3 rings (SSSR count). The molecule has 1 fully saturated rings. The predicted molar refractivity (Wildman–Crippen MR) is 85.1 cm³/mol. The molecule has 19 heavy (non-hydrogen) atoms. The normalized spacial score (nSPS) is 23.5. The molecule has 2 N–H and O–H groups in total. The van der Waals surface area contributed by atoms with Crippen LogP contribution in [0.5, 0.6) is 0 Å². The fraction of sp³-hybridized carbons (Fsp3) is 0.462. The molecule has 3 nitrogen and oxygen atoms in total. The second kappa shape index (κ2) is 6.33. The lowest BCUT2D eigenvalue weighted by Gasteiger charge is -2.12. The van der Waals surface area contributed by atoms with E-state index < -0.39 is 0 Å². The van der Waals surface area contributed by atoms with E-state index in [1.165, 1.54) is 10.6 Å². The van der Waals surface area contributed by atoms with E-state index in [2.05, 4.69) is 34.7 Å². The van der Waals surface area contributed by atoms with Crippen LogP contribution in [-0.2, 0) is 6.54 Å². The number of hydrogen-bond acceptors (Lipinski definition) is 5. The number of nitrogens with zero attached hydrogens (tertiary/aromatic N) is 2. The Hall–Kier alpha value is -0.460. The van der Waals surface area contributed by atoms with Crippen LogP contribution in [0.2, 0.25) is 0 Å². The fourth-order valence-electron chi connectivity index (χ4n) is 2.35. The summed E-state index contributed by atoms with van der Waals surface area (Å²) in [6.07, 6.45) is 0. The molecular weight excluding hydrogens is 298 g/mol. The van der Waals surface area contributed by atoms with Crippen LogP contribution in [-0.4, -0.2) is 29.0 Å². The van der Waals surface area contributed by atoms with Crippen LogP contribution in [0.25, 0.3) is 9.88 Å². The van der Waals surface area contributed by atoms with E-state index >= 15 is 0 Å². The van der Waals surface area contributed by atoms with Gasteiger partial charge >= 0.3 is 0 Å². The van der Waals surface area contributed by atoms with E-state index in [9.17, 15) is 0 Å². The summed E-state index contributed by atoms with van der Waals surface area (Å²) < 4.78 is 0. The van der Waals surface area contributed by atoms with Gasteiger partial charge in [-0.2, -0.15) is 0 Å². The minimum absolute atomic E-state index is 0. The van der Waals surface area contributed by atoms with Crippen molar-refractivity contribution in [1.29, 1.82) is 0 Å². The molecule has 0 amide bonds. The summed E-state index contributed by atoms with van der Waals surface area (Å²) in [7, 11) is 0. The molecule has 0 aromatic carbocycles. The Balaban J connectivity index is 0.00000133. The second-order valence-electron chi connectivity index (χ2n) is 4.96. The molecule has 104 valence electrons. The van der Waals surface area contributed by atoms with Crippen molar-refractivity contribution < 1.29 is 0 Å². The van der Waals surface area contributed by atoms with Crippen LogP contribution in [0, 0.1) is 5.92 Å². The van der Waals surface area contributed by atoms with Crippen LogP contribution in [0.15, 0.2) is 22.9 Å². The van der Waals surface area contributed by atoms with Gasteiger partial charge in [-0.3, -0.25) is 4.90 Å². The van der Waals surface area contributed by atoms with Crippen LogP contribution in [0.3, 0.4) is 0 Å². The third kappa shape index (κ3) is 3.35. The number of aromatic nitrogens is 1. The molecule has 1 saturated heterocycles. The lowest BCUT2D eigenvalue weighted by Crippen LogP contribution is -2.28. The molecule has 0 spiro atoms. The molecule has 1 aliphatic heterocycles. The molecular formula is C13H18ClN3S2. The number of thiazole rings is 1. The Labute approximate surface area is 127 Å². The molecule has 2 aromatic rings. The third-order valence-corrected chi connectivity index (χ3v) is 5.35. The summed E-state index contributed by atoms with van der Waals surface area (Å²) >= 11 is 3.48. The summed E-state index contributed by atoms with van der Waals surface area (Å²) in [5, 5.41) is 5.40. The standard InChI is InChI=1S/C13H17N3S2.ClH/c1-9-5-16(7-11(9)14)6-10-8-18-13(15-10)12-3-2-4-17-12;/h2-4,8-9,11H,5-7,14H2,1H3;1H. The highest BCUT2D eigenvalue weighted by Crippen LogP contribution is 2.28. The minimum Gasteiger partial charge on any atom is -0.326 e. The van der Waals surface area contributed by atoms with Gasteiger partial charge in [0, 0.05) is 31.1 Å². The molecule has 3 heterocycles. The molecule has 2 aromatic heterocycles. The van der Waals surface area contributed by atoms with Crippen molar-refractivity contribution in [2.24, 2.45) is 11.7 Å². The number of thiophene rings is 1. The average Bonchev–Trinajstić information content (AvgIpc) is 3.02. The topological polar surface area (TPSA) is 42.2 Å². The first kappa shape index (κ1) is 14.9. The van der Waals surface area contributed by atoms with E-state index in [0.717, 1.165) is 24.6 Å². The van der Waals surface area contributed by atoms with Gasteiger partial charge in [-0.1, -0.05) is 13.0 Å². The maximum absolute atomic E-state index is 6.05. The van der Waals surface area contributed by atoms with Crippen molar-refractivity contribution in [3.8, 4) is 9.88 Å². The van der Waals surface area contributed by atoms with Gasteiger partial charge in [-0.05, 0) is 17.4 Å². The van der Waals surface area contributed by atoms with Gasteiger partial charge in [0.05, 0.1) is 10.6 Å². The number of likely N-dealkylation sites (tertiary alicyclic amines) is 1. The van der Waals surface area contributed by atoms with Crippen LogP contribution in [0.4, 0.5) is 0 Å². The summed E-state index contributed by atoms with van der Waals surface area (Å²) in [6.45, 7) is 5.24. The summed E-state index contributed by atoms with van der Waals surface area (Å²) in [5.74, 6) is 0.598. The zero-order valence-corrected chi connectivity index (χ0v) is 13.2. The number of nitrogens with two attached hydrogens (primary N) is 1. The molecule has 6 heteroatoms. The van der Waals surface area contributed by atoms with Gasteiger partial charge in [0.2, 0.25) is 0 Å². The second-order valence-corrected chi connectivity index (χ2v) is 6.76. The van der Waals surface area contributed by atoms with E-state index in [4.69, 9.17) is 10.7 Å².